The Morgan fingerprint density at radius 2 is 2.18 bits per heavy atom. The summed E-state index contributed by atoms with van der Waals surface area (Å²) in [4.78, 5) is 11.0. The molecule has 8 heteroatoms. The molecule has 0 amide bonds. The first kappa shape index (κ1) is 15.1. The fraction of sp³-hybridized carbons (Fsp3) is 0.714. The molecule has 0 aromatic carbocycles. The molecule has 0 saturated carbocycles. The smallest absolute Gasteiger partial charge is 0.240 e. The van der Waals surface area contributed by atoms with E-state index >= 15 is 0 Å². The molecule has 3 heterocycles. The fourth-order valence-corrected chi connectivity index (χ4v) is 2.75. The Morgan fingerprint density at radius 1 is 1.32 bits per heavy atom. The van der Waals surface area contributed by atoms with Crippen LogP contribution in [0.3, 0.4) is 0 Å². The zero-order chi connectivity index (χ0) is 15.5. The maximum absolute atomic E-state index is 5.47. The second-order valence-electron chi connectivity index (χ2n) is 5.44. The number of aromatic nitrogens is 4. The third kappa shape index (κ3) is 3.17. The number of nitrogens with zero attached hydrogens (tertiary/aromatic N) is 5. The summed E-state index contributed by atoms with van der Waals surface area (Å²) in [6, 6.07) is 0.150. The lowest BCUT2D eigenvalue weighted by molar-refractivity contribution is 0.0683. The Hall–Kier alpha value is -1.80. The van der Waals surface area contributed by atoms with Crippen LogP contribution in [-0.4, -0.2) is 38.3 Å². The molecular weight excluding hydrogens is 286 g/mol. The number of ether oxygens (including phenoxy) is 1. The van der Waals surface area contributed by atoms with Crippen molar-refractivity contribution >= 4 is 0 Å². The van der Waals surface area contributed by atoms with E-state index in [1.54, 1.807) is 6.92 Å². The molecule has 0 radical (unpaired) electrons. The molecule has 1 aliphatic rings. The third-order valence-corrected chi connectivity index (χ3v) is 3.81. The molecule has 8 nitrogen and oxygen atoms in total. The summed E-state index contributed by atoms with van der Waals surface area (Å²) in [6.45, 7) is 7.82. The minimum atomic E-state index is -0.156. The number of hydrogen-bond donors (Lipinski definition) is 0. The molecule has 1 fully saturated rings. The van der Waals surface area contributed by atoms with Crippen molar-refractivity contribution in [1.82, 2.24) is 25.2 Å². The lowest BCUT2D eigenvalue weighted by Gasteiger charge is -2.19. The average molecular weight is 307 g/mol. The van der Waals surface area contributed by atoms with Gasteiger partial charge < -0.3 is 13.8 Å². The van der Waals surface area contributed by atoms with Gasteiger partial charge in [0.25, 0.3) is 0 Å². The van der Waals surface area contributed by atoms with Gasteiger partial charge in [0.15, 0.2) is 11.6 Å². The first-order valence-corrected chi connectivity index (χ1v) is 7.65. The standard InChI is InChI=1S/C14H21N5O3/c1-4-20-9(2)13-16-12(22-17-13)8-19-7-5-6-11(19)14-15-10(3)21-18-14/h9,11H,4-8H2,1-3H3/t9-,11+/m1/s1. The van der Waals surface area contributed by atoms with Crippen LogP contribution in [0.1, 0.15) is 62.3 Å². The van der Waals surface area contributed by atoms with E-state index in [1.807, 2.05) is 13.8 Å². The van der Waals surface area contributed by atoms with E-state index in [0.717, 1.165) is 25.2 Å². The van der Waals surface area contributed by atoms with E-state index in [1.165, 1.54) is 0 Å². The van der Waals surface area contributed by atoms with Gasteiger partial charge in [-0.05, 0) is 33.2 Å². The maximum atomic E-state index is 5.47. The predicted molar refractivity (Wildman–Crippen MR) is 75.8 cm³/mol. The van der Waals surface area contributed by atoms with E-state index < -0.39 is 0 Å². The van der Waals surface area contributed by atoms with Crippen LogP contribution in [0.15, 0.2) is 9.05 Å². The van der Waals surface area contributed by atoms with Crippen molar-refractivity contribution in [1.29, 1.82) is 0 Å². The van der Waals surface area contributed by atoms with Gasteiger partial charge in [0.2, 0.25) is 11.8 Å². The molecular formula is C14H21N5O3. The van der Waals surface area contributed by atoms with Gasteiger partial charge in [0.05, 0.1) is 12.6 Å². The average Bonchev–Trinajstić information content (AvgIpc) is 3.20. The van der Waals surface area contributed by atoms with Gasteiger partial charge in [-0.3, -0.25) is 4.90 Å². The van der Waals surface area contributed by atoms with Gasteiger partial charge in [-0.2, -0.15) is 9.97 Å². The molecule has 0 bridgehead atoms. The van der Waals surface area contributed by atoms with Gasteiger partial charge in [-0.1, -0.05) is 10.3 Å². The number of likely N-dealkylation sites (tertiary alicyclic amines) is 1. The van der Waals surface area contributed by atoms with Gasteiger partial charge in [0.1, 0.15) is 6.10 Å². The van der Waals surface area contributed by atoms with Crippen LogP contribution in [-0.2, 0) is 11.3 Å². The Kier molecular flexibility index (Phi) is 4.49. The monoisotopic (exact) mass is 307 g/mol. The molecule has 2 aromatic heterocycles. The second kappa shape index (κ2) is 6.53. The highest BCUT2D eigenvalue weighted by Gasteiger charge is 2.31. The maximum Gasteiger partial charge on any atom is 0.240 e. The predicted octanol–water partition coefficient (Wildman–Crippen LogP) is 2.20. The largest absolute Gasteiger partial charge is 0.371 e. The fourth-order valence-electron chi connectivity index (χ4n) is 2.75. The lowest BCUT2D eigenvalue weighted by Crippen LogP contribution is -2.23. The highest BCUT2D eigenvalue weighted by atomic mass is 16.5. The lowest BCUT2D eigenvalue weighted by atomic mass is 10.2. The van der Waals surface area contributed by atoms with Crippen LogP contribution in [0.25, 0.3) is 0 Å². The van der Waals surface area contributed by atoms with E-state index in [-0.39, 0.29) is 12.1 Å². The van der Waals surface area contributed by atoms with Crippen molar-refractivity contribution in [2.75, 3.05) is 13.2 Å². The second-order valence-corrected chi connectivity index (χ2v) is 5.44. The van der Waals surface area contributed by atoms with Crippen molar-refractivity contribution in [3.8, 4) is 0 Å². The van der Waals surface area contributed by atoms with E-state index in [9.17, 15) is 0 Å². The SMILES string of the molecule is CCO[C@H](C)c1noc(CN2CCC[C@H]2c2noc(C)n2)n1. The Morgan fingerprint density at radius 3 is 2.91 bits per heavy atom. The van der Waals surface area contributed by atoms with E-state index in [2.05, 4.69) is 25.2 Å². The number of rotatable bonds is 6. The molecule has 120 valence electrons. The van der Waals surface area contributed by atoms with Gasteiger partial charge in [-0.25, -0.2) is 0 Å². The third-order valence-electron chi connectivity index (χ3n) is 3.81. The van der Waals surface area contributed by atoms with Crippen molar-refractivity contribution < 1.29 is 13.8 Å². The minimum Gasteiger partial charge on any atom is -0.371 e. The molecule has 3 rings (SSSR count). The van der Waals surface area contributed by atoms with Crippen LogP contribution in [0, 0.1) is 6.92 Å². The normalized spacial score (nSPS) is 20.6. The summed E-state index contributed by atoms with van der Waals surface area (Å²) >= 11 is 0. The summed E-state index contributed by atoms with van der Waals surface area (Å²) < 4.78 is 15.9. The van der Waals surface area contributed by atoms with Crippen molar-refractivity contribution in [2.24, 2.45) is 0 Å². The zero-order valence-electron chi connectivity index (χ0n) is 13.2. The molecule has 1 saturated heterocycles. The minimum absolute atomic E-state index is 0.150. The molecule has 0 N–H and O–H groups in total. The van der Waals surface area contributed by atoms with Crippen molar-refractivity contribution in [3.05, 3.63) is 23.4 Å². The first-order valence-electron chi connectivity index (χ1n) is 7.65. The van der Waals surface area contributed by atoms with Crippen LogP contribution in [0.2, 0.25) is 0 Å². The molecule has 0 spiro atoms. The molecule has 22 heavy (non-hydrogen) atoms. The Labute approximate surface area is 128 Å². The molecule has 1 aliphatic heterocycles. The topological polar surface area (TPSA) is 90.3 Å². The van der Waals surface area contributed by atoms with Crippen LogP contribution < -0.4 is 0 Å². The van der Waals surface area contributed by atoms with Gasteiger partial charge in [0, 0.05) is 13.5 Å². The Balaban J connectivity index is 1.67. The van der Waals surface area contributed by atoms with E-state index in [4.69, 9.17) is 13.8 Å². The summed E-state index contributed by atoms with van der Waals surface area (Å²) in [7, 11) is 0. The molecule has 2 aromatic rings. The number of aryl methyl sites for hydroxylation is 1. The summed E-state index contributed by atoms with van der Waals surface area (Å²) in [5.74, 6) is 2.50. The summed E-state index contributed by atoms with van der Waals surface area (Å²) in [5.41, 5.74) is 0. The highest BCUT2D eigenvalue weighted by molar-refractivity contribution is 4.99. The first-order chi connectivity index (χ1) is 10.7. The van der Waals surface area contributed by atoms with Crippen LogP contribution in [0.4, 0.5) is 0 Å². The zero-order valence-corrected chi connectivity index (χ0v) is 13.2. The van der Waals surface area contributed by atoms with Crippen LogP contribution in [0.5, 0.6) is 0 Å². The van der Waals surface area contributed by atoms with Gasteiger partial charge >= 0.3 is 0 Å². The quantitative estimate of drug-likeness (QED) is 0.802. The highest BCUT2D eigenvalue weighted by Crippen LogP contribution is 2.31. The van der Waals surface area contributed by atoms with Crippen molar-refractivity contribution in [3.63, 3.8) is 0 Å². The van der Waals surface area contributed by atoms with Gasteiger partial charge in [-0.15, -0.1) is 0 Å². The number of hydrogen-bond acceptors (Lipinski definition) is 8. The van der Waals surface area contributed by atoms with Crippen LogP contribution >= 0.6 is 0 Å². The van der Waals surface area contributed by atoms with Crippen molar-refractivity contribution in [2.45, 2.75) is 52.3 Å². The molecule has 0 unspecified atom stereocenters. The molecule has 2 atom stereocenters. The Bertz CT molecular complexity index is 611. The summed E-state index contributed by atoms with van der Waals surface area (Å²) in [5, 5.41) is 8.02. The van der Waals surface area contributed by atoms with E-state index in [0.29, 0.717) is 30.8 Å². The summed E-state index contributed by atoms with van der Waals surface area (Å²) in [6.07, 6.45) is 1.95. The molecule has 0 aliphatic carbocycles.